The Hall–Kier alpha value is -0.570. The molecule has 1 heterocycles. The van der Waals surface area contributed by atoms with Gasteiger partial charge in [-0.05, 0) is 6.42 Å². The van der Waals surface area contributed by atoms with Crippen molar-refractivity contribution in [3.8, 4) is 0 Å². The van der Waals surface area contributed by atoms with Gasteiger partial charge in [0.1, 0.15) is 12.7 Å². The first-order chi connectivity index (χ1) is 11.8. The van der Waals surface area contributed by atoms with Crippen molar-refractivity contribution in [2.24, 2.45) is 0 Å². The standard InChI is InChI=1S/C21H40O3/c1-2-3-4-5-6-7-8-9-10-11-12-13-14-15-16-17-21(22)24-19-20-18-23-20/h20H,2-19H2,1H3/t20-/m0/s1. The van der Waals surface area contributed by atoms with Crippen LogP contribution in [0.25, 0.3) is 0 Å². The number of hydrogen-bond acceptors (Lipinski definition) is 3. The van der Waals surface area contributed by atoms with E-state index in [1.807, 2.05) is 0 Å². The Bertz CT molecular complexity index is 287. The van der Waals surface area contributed by atoms with E-state index in [1.165, 1.54) is 83.5 Å². The Morgan fingerprint density at radius 3 is 1.62 bits per heavy atom. The fraction of sp³-hybridized carbons (Fsp3) is 0.952. The van der Waals surface area contributed by atoms with Gasteiger partial charge in [0.2, 0.25) is 0 Å². The number of ether oxygens (including phenoxy) is 2. The van der Waals surface area contributed by atoms with Crippen LogP contribution in [0.4, 0.5) is 0 Å². The third kappa shape index (κ3) is 15.0. The summed E-state index contributed by atoms with van der Waals surface area (Å²) in [6.45, 7) is 3.49. The van der Waals surface area contributed by atoms with Gasteiger partial charge in [0.15, 0.2) is 0 Å². The van der Waals surface area contributed by atoms with Crippen molar-refractivity contribution >= 4 is 5.97 Å². The molecule has 1 fully saturated rings. The summed E-state index contributed by atoms with van der Waals surface area (Å²) in [5.74, 6) is -0.0554. The number of esters is 1. The highest BCUT2D eigenvalue weighted by atomic mass is 16.6. The van der Waals surface area contributed by atoms with Gasteiger partial charge in [0.05, 0.1) is 6.61 Å². The molecule has 0 amide bonds. The van der Waals surface area contributed by atoms with Crippen LogP contribution in [0.1, 0.15) is 110 Å². The van der Waals surface area contributed by atoms with Crippen LogP contribution in [-0.2, 0) is 14.3 Å². The number of unbranched alkanes of at least 4 members (excludes halogenated alkanes) is 14. The summed E-state index contributed by atoms with van der Waals surface area (Å²) in [6.07, 6.45) is 21.0. The lowest BCUT2D eigenvalue weighted by Gasteiger charge is -2.04. The van der Waals surface area contributed by atoms with Crippen molar-refractivity contribution in [2.75, 3.05) is 13.2 Å². The molecule has 1 saturated heterocycles. The SMILES string of the molecule is CCCCCCCCCCCCCCCCCC(=O)OC[C@@H]1CO1. The Balaban J connectivity index is 1.66. The number of carbonyl (C=O) groups is 1. The molecule has 1 aliphatic heterocycles. The minimum absolute atomic E-state index is 0.0554. The molecule has 1 atom stereocenters. The maximum absolute atomic E-state index is 11.4. The van der Waals surface area contributed by atoms with Crippen LogP contribution in [0.5, 0.6) is 0 Å². The second-order valence-corrected chi connectivity index (χ2v) is 7.34. The van der Waals surface area contributed by atoms with Gasteiger partial charge in [-0.15, -0.1) is 0 Å². The van der Waals surface area contributed by atoms with E-state index in [0.717, 1.165) is 19.4 Å². The van der Waals surface area contributed by atoms with Crippen molar-refractivity contribution in [1.29, 1.82) is 0 Å². The Morgan fingerprint density at radius 2 is 1.21 bits per heavy atom. The van der Waals surface area contributed by atoms with Gasteiger partial charge < -0.3 is 9.47 Å². The summed E-state index contributed by atoms with van der Waals surface area (Å²) in [6, 6.07) is 0. The van der Waals surface area contributed by atoms with Crippen molar-refractivity contribution in [2.45, 2.75) is 116 Å². The van der Waals surface area contributed by atoms with E-state index in [2.05, 4.69) is 6.92 Å². The van der Waals surface area contributed by atoms with Gasteiger partial charge in [-0.2, -0.15) is 0 Å². The zero-order valence-electron chi connectivity index (χ0n) is 16.0. The van der Waals surface area contributed by atoms with Crippen LogP contribution < -0.4 is 0 Å². The molecule has 0 aromatic carbocycles. The molecule has 0 unspecified atom stereocenters. The van der Waals surface area contributed by atoms with Crippen molar-refractivity contribution < 1.29 is 14.3 Å². The molecule has 1 rings (SSSR count). The average Bonchev–Trinajstić information content (AvgIpc) is 3.41. The molecule has 142 valence electrons. The van der Waals surface area contributed by atoms with Gasteiger partial charge in [-0.25, -0.2) is 0 Å². The van der Waals surface area contributed by atoms with E-state index in [9.17, 15) is 4.79 Å². The molecule has 0 aliphatic carbocycles. The molecule has 0 aromatic rings. The summed E-state index contributed by atoms with van der Waals surface area (Å²) in [4.78, 5) is 11.4. The number of epoxide rings is 1. The van der Waals surface area contributed by atoms with Gasteiger partial charge in [-0.3, -0.25) is 4.79 Å². The highest BCUT2D eigenvalue weighted by molar-refractivity contribution is 5.69. The predicted octanol–water partition coefficient (Wildman–Crippen LogP) is 6.19. The maximum atomic E-state index is 11.4. The first-order valence-electron chi connectivity index (χ1n) is 10.6. The van der Waals surface area contributed by atoms with E-state index in [-0.39, 0.29) is 12.1 Å². The average molecular weight is 341 g/mol. The largest absolute Gasteiger partial charge is 0.463 e. The van der Waals surface area contributed by atoms with E-state index < -0.39 is 0 Å². The number of hydrogen-bond donors (Lipinski definition) is 0. The second kappa shape index (κ2) is 15.9. The van der Waals surface area contributed by atoms with Crippen LogP contribution in [-0.4, -0.2) is 25.3 Å². The molecule has 0 bridgehead atoms. The highest BCUT2D eigenvalue weighted by Gasteiger charge is 2.23. The van der Waals surface area contributed by atoms with E-state index in [1.54, 1.807) is 0 Å². The lowest BCUT2D eigenvalue weighted by molar-refractivity contribution is -0.144. The van der Waals surface area contributed by atoms with E-state index >= 15 is 0 Å². The molecule has 1 aliphatic rings. The van der Waals surface area contributed by atoms with Gasteiger partial charge in [0, 0.05) is 6.42 Å². The van der Waals surface area contributed by atoms with Crippen LogP contribution in [0, 0.1) is 0 Å². The molecule has 0 radical (unpaired) electrons. The van der Waals surface area contributed by atoms with Crippen molar-refractivity contribution in [1.82, 2.24) is 0 Å². The minimum atomic E-state index is -0.0554. The molecule has 3 heteroatoms. The second-order valence-electron chi connectivity index (χ2n) is 7.34. The van der Waals surface area contributed by atoms with Crippen molar-refractivity contribution in [3.05, 3.63) is 0 Å². The van der Waals surface area contributed by atoms with Gasteiger partial charge >= 0.3 is 5.97 Å². The van der Waals surface area contributed by atoms with Crippen LogP contribution >= 0.6 is 0 Å². The minimum Gasteiger partial charge on any atom is -0.463 e. The predicted molar refractivity (Wildman–Crippen MR) is 100 cm³/mol. The smallest absolute Gasteiger partial charge is 0.305 e. The molecule has 0 spiro atoms. The first kappa shape index (κ1) is 21.5. The van der Waals surface area contributed by atoms with Gasteiger partial charge in [-0.1, -0.05) is 96.8 Å². The Labute approximate surface area is 149 Å². The topological polar surface area (TPSA) is 38.8 Å². The van der Waals surface area contributed by atoms with Crippen LogP contribution in [0.2, 0.25) is 0 Å². The first-order valence-corrected chi connectivity index (χ1v) is 10.6. The van der Waals surface area contributed by atoms with E-state index in [4.69, 9.17) is 9.47 Å². The Morgan fingerprint density at radius 1 is 0.792 bits per heavy atom. The third-order valence-electron chi connectivity index (χ3n) is 4.82. The molecule has 0 aromatic heterocycles. The quantitative estimate of drug-likeness (QED) is 0.170. The normalized spacial score (nSPS) is 16.3. The molecular formula is C21H40O3. The Kier molecular flexibility index (Phi) is 14.3. The summed E-state index contributed by atoms with van der Waals surface area (Å²) in [5.41, 5.74) is 0. The molecule has 0 N–H and O–H groups in total. The monoisotopic (exact) mass is 340 g/mol. The maximum Gasteiger partial charge on any atom is 0.305 e. The van der Waals surface area contributed by atoms with E-state index in [0.29, 0.717) is 13.0 Å². The third-order valence-corrected chi connectivity index (χ3v) is 4.82. The zero-order chi connectivity index (χ0) is 17.3. The summed E-state index contributed by atoms with van der Waals surface area (Å²) in [5, 5.41) is 0. The molecule has 24 heavy (non-hydrogen) atoms. The highest BCUT2D eigenvalue weighted by Crippen LogP contribution is 2.14. The fourth-order valence-electron chi connectivity index (χ4n) is 3.06. The van der Waals surface area contributed by atoms with Gasteiger partial charge in [0.25, 0.3) is 0 Å². The number of rotatable bonds is 18. The molecule has 0 saturated carbocycles. The summed E-state index contributed by atoms with van der Waals surface area (Å²) < 4.78 is 10.1. The molecular weight excluding hydrogens is 300 g/mol. The summed E-state index contributed by atoms with van der Waals surface area (Å²) >= 11 is 0. The zero-order valence-corrected chi connectivity index (χ0v) is 16.0. The summed E-state index contributed by atoms with van der Waals surface area (Å²) in [7, 11) is 0. The van der Waals surface area contributed by atoms with Crippen LogP contribution in [0.3, 0.4) is 0 Å². The fourth-order valence-corrected chi connectivity index (χ4v) is 3.06. The number of carbonyl (C=O) groups excluding carboxylic acids is 1. The molecule has 3 nitrogen and oxygen atoms in total. The van der Waals surface area contributed by atoms with Crippen LogP contribution in [0.15, 0.2) is 0 Å². The lowest BCUT2D eigenvalue weighted by atomic mass is 10.0. The lowest BCUT2D eigenvalue weighted by Crippen LogP contribution is -2.09. The van der Waals surface area contributed by atoms with Crippen molar-refractivity contribution in [3.63, 3.8) is 0 Å².